The Kier molecular flexibility index (Phi) is 10.8. The van der Waals surface area contributed by atoms with Gasteiger partial charge in [-0.05, 0) is 60.0 Å². The number of nitrogens with one attached hydrogen (secondary N) is 1. The summed E-state index contributed by atoms with van der Waals surface area (Å²) in [5.74, 6) is -0.594. The number of aromatic hydroxyl groups is 1. The summed E-state index contributed by atoms with van der Waals surface area (Å²) in [5, 5.41) is 32.2. The van der Waals surface area contributed by atoms with Gasteiger partial charge in [0.1, 0.15) is 25.9 Å². The summed E-state index contributed by atoms with van der Waals surface area (Å²) in [6.45, 7) is 0. The van der Waals surface area contributed by atoms with E-state index in [0.717, 1.165) is 18.2 Å². The summed E-state index contributed by atoms with van der Waals surface area (Å²) in [6, 6.07) is 13.5. The Morgan fingerprint density at radius 3 is 2.02 bits per heavy atom. The van der Waals surface area contributed by atoms with Crippen LogP contribution in [-0.4, -0.2) is 36.0 Å². The van der Waals surface area contributed by atoms with Crippen LogP contribution in [0.25, 0.3) is 10.8 Å². The van der Waals surface area contributed by atoms with E-state index in [4.69, 9.17) is 5.73 Å². The Morgan fingerprint density at radius 1 is 0.825 bits per heavy atom. The minimum atomic E-state index is -5.06. The van der Waals surface area contributed by atoms with Crippen molar-refractivity contribution in [3.63, 3.8) is 0 Å². The van der Waals surface area contributed by atoms with Gasteiger partial charge in [-0.15, -0.1) is 5.11 Å². The van der Waals surface area contributed by atoms with Gasteiger partial charge in [-0.2, -0.15) is 5.11 Å². The number of benzene rings is 4. The first-order valence-corrected chi connectivity index (χ1v) is 13.1. The van der Waals surface area contributed by atoms with Crippen molar-refractivity contribution in [2.24, 2.45) is 10.2 Å². The van der Waals surface area contributed by atoms with Crippen LogP contribution >= 0.6 is 0 Å². The zero-order chi connectivity index (χ0) is 27.8. The van der Waals surface area contributed by atoms with Gasteiger partial charge >= 0.3 is 59.1 Å². The molecule has 4 aromatic rings. The molecule has 0 aliphatic carbocycles. The molecule has 0 amide bonds. The van der Waals surface area contributed by atoms with Gasteiger partial charge < -0.3 is 25.3 Å². The normalized spacial score (nSPS) is 11.6. The van der Waals surface area contributed by atoms with E-state index in [2.05, 4.69) is 15.5 Å². The van der Waals surface area contributed by atoms with Gasteiger partial charge in [0.05, 0.1) is 26.1 Å². The van der Waals surface area contributed by atoms with Crippen molar-refractivity contribution in [3.05, 3.63) is 76.8 Å². The van der Waals surface area contributed by atoms with E-state index in [-0.39, 0.29) is 92.6 Å². The van der Waals surface area contributed by atoms with Crippen LogP contribution in [0.5, 0.6) is 5.75 Å². The number of nitrogens with two attached hydrogens (primary N) is 1. The number of phenolic OH excluding ortho intramolecular Hbond substituents is 1. The number of fused-ring (bicyclic) bond motifs is 1. The first-order chi connectivity index (χ1) is 17.7. The Labute approximate surface area is 271 Å². The summed E-state index contributed by atoms with van der Waals surface area (Å²) in [6.07, 6.45) is 0. The summed E-state index contributed by atoms with van der Waals surface area (Å²) in [4.78, 5) is 8.45. The predicted molar refractivity (Wildman–Crippen MR) is 133 cm³/mol. The molecule has 0 heterocycles. The number of anilines is 3. The number of non-ortho nitro benzene ring substituents is 1. The zero-order valence-corrected chi connectivity index (χ0v) is 26.4. The van der Waals surface area contributed by atoms with E-state index < -0.39 is 52.1 Å². The largest absolute Gasteiger partial charge is 1.00 e. The van der Waals surface area contributed by atoms with Gasteiger partial charge in [-0.1, -0.05) is 0 Å². The number of phenols is 1. The fourth-order valence-corrected chi connectivity index (χ4v) is 4.77. The molecule has 0 saturated carbocycles. The van der Waals surface area contributed by atoms with E-state index in [0.29, 0.717) is 6.07 Å². The predicted octanol–water partition coefficient (Wildman–Crippen LogP) is -1.99. The summed E-state index contributed by atoms with van der Waals surface area (Å²) in [7, 11) is -10.1. The minimum absolute atomic E-state index is 0. The Morgan fingerprint density at radius 2 is 1.45 bits per heavy atom. The first-order valence-electron chi connectivity index (χ1n) is 10.3. The number of nitro benzene ring substituents is 1. The topological polar surface area (TPSA) is 241 Å². The Bertz CT molecular complexity index is 1850. The molecule has 196 valence electrons. The van der Waals surface area contributed by atoms with Crippen LogP contribution in [0, 0.1) is 10.1 Å². The molecule has 0 radical (unpaired) electrons. The van der Waals surface area contributed by atoms with Crippen LogP contribution in [0.15, 0.2) is 86.7 Å². The van der Waals surface area contributed by atoms with Crippen molar-refractivity contribution in [1.29, 1.82) is 0 Å². The molecule has 0 aliphatic rings. The van der Waals surface area contributed by atoms with Crippen LogP contribution < -0.4 is 70.2 Å². The third kappa shape index (κ3) is 7.55. The second-order valence-electron chi connectivity index (χ2n) is 7.77. The van der Waals surface area contributed by atoms with Crippen LogP contribution in [0.1, 0.15) is 0 Å². The van der Waals surface area contributed by atoms with E-state index in [1.165, 1.54) is 42.5 Å². The SMILES string of the molecule is Nc1ccc2c(O)c(N=Nc3ccc(Nc4ccc([N+](=O)[O-])cc4S(=O)(=O)[O-])cc3)c(S(=O)(=O)[O-])cc2c1.[Na+].[Na+]. The standard InChI is InChI=1S/C22H17N5O9S2.2Na/c23-13-1-7-17-12(9-13)10-20(38(34,35)36)21(22(17)28)26-25-15-4-2-14(3-5-15)24-18-8-6-16(27(29)30)11-19(18)37(31,32)33;;/h1-11,24,28H,23H2,(H,31,32,33)(H,34,35,36);;/q;2*+1/p-2. The third-order valence-corrected chi connectivity index (χ3v) is 6.93. The number of rotatable bonds is 7. The number of azo groups is 1. The molecule has 4 rings (SSSR count). The van der Waals surface area contributed by atoms with Crippen LogP contribution in [0.2, 0.25) is 0 Å². The molecule has 0 fully saturated rings. The molecule has 0 bridgehead atoms. The monoisotopic (exact) mass is 603 g/mol. The van der Waals surface area contributed by atoms with Gasteiger partial charge in [-0.25, -0.2) is 16.8 Å². The minimum Gasteiger partial charge on any atom is -0.744 e. The van der Waals surface area contributed by atoms with Crippen LogP contribution in [0.3, 0.4) is 0 Å². The molecule has 0 aliphatic heterocycles. The van der Waals surface area contributed by atoms with Gasteiger partial charge in [-0.3, -0.25) is 10.1 Å². The number of hydrogen-bond donors (Lipinski definition) is 3. The smallest absolute Gasteiger partial charge is 0.744 e. The van der Waals surface area contributed by atoms with Crippen molar-refractivity contribution in [1.82, 2.24) is 0 Å². The van der Waals surface area contributed by atoms with Crippen molar-refractivity contribution >= 4 is 65.1 Å². The average molecular weight is 604 g/mol. The molecule has 18 heteroatoms. The molecule has 4 N–H and O–H groups in total. The van der Waals surface area contributed by atoms with Crippen molar-refractivity contribution in [2.45, 2.75) is 9.79 Å². The third-order valence-electron chi connectivity index (χ3n) is 5.20. The maximum atomic E-state index is 11.8. The van der Waals surface area contributed by atoms with E-state index in [9.17, 15) is 41.2 Å². The first kappa shape index (κ1) is 33.6. The molecule has 0 unspecified atom stereocenters. The van der Waals surface area contributed by atoms with Gasteiger partial charge in [0.2, 0.25) is 0 Å². The second-order valence-corrected chi connectivity index (χ2v) is 10.5. The van der Waals surface area contributed by atoms with Crippen LogP contribution in [-0.2, 0) is 20.2 Å². The Balaban J connectivity index is 0.00000280. The van der Waals surface area contributed by atoms with Gasteiger partial charge in [0.25, 0.3) is 5.69 Å². The number of nitro groups is 1. The number of nitrogens with zero attached hydrogens (tertiary/aromatic N) is 3. The molecule has 40 heavy (non-hydrogen) atoms. The van der Waals surface area contributed by atoms with Crippen molar-refractivity contribution in [3.8, 4) is 5.75 Å². The molecule has 4 aromatic carbocycles. The maximum absolute atomic E-state index is 11.8. The number of nitrogen functional groups attached to an aromatic ring is 1. The zero-order valence-electron chi connectivity index (χ0n) is 20.8. The molecular weight excluding hydrogens is 588 g/mol. The molecular formula is C22H15N5Na2O9S2. The van der Waals surface area contributed by atoms with Crippen LogP contribution in [0.4, 0.5) is 34.1 Å². The molecule has 0 spiro atoms. The maximum Gasteiger partial charge on any atom is 1.00 e. The molecule has 0 aromatic heterocycles. The fourth-order valence-electron chi connectivity index (χ4n) is 3.47. The molecule has 14 nitrogen and oxygen atoms in total. The molecule has 0 atom stereocenters. The van der Waals surface area contributed by atoms with E-state index >= 15 is 0 Å². The fraction of sp³-hybridized carbons (Fsp3) is 0. The molecule has 0 saturated heterocycles. The quantitative estimate of drug-likeness (QED) is 0.0522. The van der Waals surface area contributed by atoms with E-state index in [1.807, 2.05) is 0 Å². The van der Waals surface area contributed by atoms with Gasteiger partial charge in [0.15, 0.2) is 5.75 Å². The summed E-state index contributed by atoms with van der Waals surface area (Å²) >= 11 is 0. The Hall–Kier alpha value is -2.64. The number of hydrogen-bond acceptors (Lipinski definition) is 13. The van der Waals surface area contributed by atoms with Gasteiger partial charge in [0, 0.05) is 28.9 Å². The summed E-state index contributed by atoms with van der Waals surface area (Å²) < 4.78 is 70.2. The van der Waals surface area contributed by atoms with E-state index in [1.54, 1.807) is 0 Å². The summed E-state index contributed by atoms with van der Waals surface area (Å²) in [5.41, 5.74) is 5.01. The second kappa shape index (κ2) is 12.9. The average Bonchev–Trinajstić information content (AvgIpc) is 2.83. The van der Waals surface area contributed by atoms with Crippen molar-refractivity contribution in [2.75, 3.05) is 11.1 Å². The van der Waals surface area contributed by atoms with Crippen molar-refractivity contribution < 1.29 is 95.1 Å².